The number of anilines is 2. The van der Waals surface area contributed by atoms with Gasteiger partial charge >= 0.3 is 5.92 Å². The Kier molecular flexibility index (Phi) is 7.00. The average molecular weight is 531 g/mol. The van der Waals surface area contributed by atoms with Gasteiger partial charge in [-0.3, -0.25) is 0 Å². The summed E-state index contributed by atoms with van der Waals surface area (Å²) in [5, 5.41) is 23.4. The van der Waals surface area contributed by atoms with Gasteiger partial charge in [0.15, 0.2) is 5.60 Å². The lowest BCUT2D eigenvalue weighted by Gasteiger charge is -2.32. The molecule has 2 aliphatic rings. The molecule has 1 aromatic heterocycles. The summed E-state index contributed by atoms with van der Waals surface area (Å²) in [4.78, 5) is 11.7. The first kappa shape index (κ1) is 26.6. The highest BCUT2D eigenvalue weighted by Crippen LogP contribution is 2.42. The molecule has 2 atom stereocenters. The molecule has 3 aromatic rings. The topological polar surface area (TPSA) is 90.7 Å². The van der Waals surface area contributed by atoms with E-state index < -0.39 is 35.6 Å². The van der Waals surface area contributed by atoms with E-state index in [1.54, 1.807) is 13.8 Å². The molecule has 1 aliphatic heterocycles. The number of aliphatic hydroxyl groups excluding tert-OH is 1. The van der Waals surface area contributed by atoms with Crippen LogP contribution in [0.4, 0.5) is 24.7 Å². The zero-order valence-electron chi connectivity index (χ0n) is 21.8. The van der Waals surface area contributed by atoms with Gasteiger partial charge < -0.3 is 25.2 Å². The van der Waals surface area contributed by atoms with Crippen LogP contribution in [0.5, 0.6) is 0 Å². The monoisotopic (exact) mass is 530 g/mol. The third-order valence-corrected chi connectivity index (χ3v) is 7.67. The summed E-state index contributed by atoms with van der Waals surface area (Å²) in [6.07, 6.45) is 2.92. The van der Waals surface area contributed by atoms with Crippen molar-refractivity contribution >= 4 is 22.4 Å². The number of hydrogen-bond acceptors (Lipinski definition) is 7. The Morgan fingerprint density at radius 2 is 1.87 bits per heavy atom. The van der Waals surface area contributed by atoms with Gasteiger partial charge in [0.2, 0.25) is 0 Å². The van der Waals surface area contributed by atoms with Gasteiger partial charge in [-0.2, -0.15) is 8.78 Å². The molecule has 1 unspecified atom stereocenters. The maximum absolute atomic E-state index is 15.5. The van der Waals surface area contributed by atoms with Crippen LogP contribution in [0, 0.1) is 12.7 Å². The van der Waals surface area contributed by atoms with Gasteiger partial charge in [0.25, 0.3) is 0 Å². The van der Waals surface area contributed by atoms with E-state index >= 15 is 4.39 Å². The van der Waals surface area contributed by atoms with Crippen LogP contribution in [0.1, 0.15) is 54.4 Å². The molecule has 0 amide bonds. The molecular formula is C28H33F3N4O3. The van der Waals surface area contributed by atoms with Crippen LogP contribution in [0.2, 0.25) is 0 Å². The summed E-state index contributed by atoms with van der Waals surface area (Å²) in [5.74, 6) is -4.09. The molecule has 0 bridgehead atoms. The van der Waals surface area contributed by atoms with Gasteiger partial charge in [-0.25, -0.2) is 14.4 Å². The highest BCUT2D eigenvalue weighted by molar-refractivity contribution is 5.96. The number of rotatable bonds is 7. The number of fused-ring (bicyclic) bond motifs is 3. The number of benzene rings is 2. The highest BCUT2D eigenvalue weighted by Gasteiger charge is 2.52. The molecule has 1 fully saturated rings. The van der Waals surface area contributed by atoms with Crippen LogP contribution >= 0.6 is 0 Å². The number of hydrogen-bond donors (Lipinski definition) is 3. The van der Waals surface area contributed by atoms with Crippen molar-refractivity contribution < 1.29 is 28.1 Å². The second-order valence-corrected chi connectivity index (χ2v) is 10.4. The molecule has 5 rings (SSSR count). The van der Waals surface area contributed by atoms with E-state index in [-0.39, 0.29) is 5.56 Å². The minimum Gasteiger partial charge on any atom is -0.393 e. The van der Waals surface area contributed by atoms with Gasteiger partial charge in [0.1, 0.15) is 17.5 Å². The smallest absolute Gasteiger partial charge is 0.306 e. The van der Waals surface area contributed by atoms with E-state index in [2.05, 4.69) is 21.3 Å². The lowest BCUT2D eigenvalue weighted by molar-refractivity contribution is -0.197. The molecular weight excluding hydrogens is 497 g/mol. The quantitative estimate of drug-likeness (QED) is 0.417. The fourth-order valence-corrected chi connectivity index (χ4v) is 5.45. The SMILES string of the molecule is Cc1nc(N[C@H](C)c2cccc(C(F)(F)C(C)(O)CO)c2F)c2cc(N3CCOCC3)c3c(c2n1)CCC3. The average Bonchev–Trinajstić information content (AvgIpc) is 3.39. The van der Waals surface area contributed by atoms with Crippen LogP contribution in [-0.2, 0) is 23.5 Å². The van der Waals surface area contributed by atoms with Crippen molar-refractivity contribution in [1.29, 1.82) is 0 Å². The number of nitrogens with zero attached hydrogens (tertiary/aromatic N) is 3. The summed E-state index contributed by atoms with van der Waals surface area (Å²) in [5.41, 5.74) is 0.692. The van der Waals surface area contributed by atoms with Gasteiger partial charge in [0.05, 0.1) is 36.9 Å². The second-order valence-electron chi connectivity index (χ2n) is 10.4. The van der Waals surface area contributed by atoms with Gasteiger partial charge in [-0.05, 0) is 63.3 Å². The Bertz CT molecular complexity index is 1360. The molecule has 0 radical (unpaired) electrons. The van der Waals surface area contributed by atoms with Crippen molar-refractivity contribution in [3.8, 4) is 0 Å². The molecule has 38 heavy (non-hydrogen) atoms. The number of alkyl halides is 2. The first-order valence-corrected chi connectivity index (χ1v) is 13.0. The van der Waals surface area contributed by atoms with E-state index in [0.717, 1.165) is 61.9 Å². The first-order valence-electron chi connectivity index (χ1n) is 13.0. The Morgan fingerprint density at radius 3 is 2.58 bits per heavy atom. The normalized spacial score (nSPS) is 18.4. The predicted octanol–water partition coefficient (Wildman–Crippen LogP) is 4.41. The van der Waals surface area contributed by atoms with E-state index in [9.17, 15) is 19.0 Å². The molecule has 7 nitrogen and oxygen atoms in total. The fourth-order valence-electron chi connectivity index (χ4n) is 5.45. The minimum atomic E-state index is -4.01. The van der Waals surface area contributed by atoms with Crippen molar-refractivity contribution in [3.63, 3.8) is 0 Å². The van der Waals surface area contributed by atoms with Crippen molar-refractivity contribution in [2.24, 2.45) is 0 Å². The molecule has 204 valence electrons. The second kappa shape index (κ2) is 9.98. The van der Waals surface area contributed by atoms with Crippen LogP contribution in [0.3, 0.4) is 0 Å². The molecule has 1 saturated heterocycles. The van der Waals surface area contributed by atoms with E-state index in [4.69, 9.17) is 9.72 Å². The fraction of sp³-hybridized carbons (Fsp3) is 0.500. The zero-order valence-corrected chi connectivity index (χ0v) is 21.8. The van der Waals surface area contributed by atoms with Crippen LogP contribution in [0.25, 0.3) is 10.9 Å². The number of aryl methyl sites for hydroxylation is 2. The Balaban J connectivity index is 1.56. The zero-order chi connectivity index (χ0) is 27.2. The Hall–Kier alpha value is -2.95. The third kappa shape index (κ3) is 4.48. The number of aromatic nitrogens is 2. The number of ether oxygens (including phenoxy) is 1. The van der Waals surface area contributed by atoms with Crippen LogP contribution in [-0.4, -0.2) is 58.7 Å². The number of nitrogens with one attached hydrogen (secondary N) is 1. The molecule has 0 saturated carbocycles. The lowest BCUT2D eigenvalue weighted by atomic mass is 9.90. The molecule has 2 aromatic carbocycles. The van der Waals surface area contributed by atoms with E-state index in [1.165, 1.54) is 23.3 Å². The largest absolute Gasteiger partial charge is 0.393 e. The third-order valence-electron chi connectivity index (χ3n) is 7.67. The molecule has 3 N–H and O–H groups in total. The summed E-state index contributed by atoms with van der Waals surface area (Å²) in [6.45, 7) is 5.91. The minimum absolute atomic E-state index is 0.00473. The first-order chi connectivity index (χ1) is 18.0. The van der Waals surface area contributed by atoms with E-state index in [0.29, 0.717) is 24.9 Å². The standard InChI is InChI=1S/C28H33F3N4O3/c1-16(18-6-5-9-22(24(18)29)28(30,31)27(3,37)15-36)32-26-21-14-23(35-10-12-38-13-11-35)19-7-4-8-20(19)25(21)33-17(2)34-26/h5-6,9,14,16,36-37H,4,7-8,10-13,15H2,1-3H3,(H,32,33,34)/t16-,27?/m1/s1. The van der Waals surface area contributed by atoms with Crippen molar-refractivity contribution in [2.45, 2.75) is 57.6 Å². The van der Waals surface area contributed by atoms with Gasteiger partial charge in [-0.15, -0.1) is 0 Å². The number of aliphatic hydroxyl groups is 2. The predicted molar refractivity (Wildman–Crippen MR) is 139 cm³/mol. The van der Waals surface area contributed by atoms with Crippen molar-refractivity contribution in [2.75, 3.05) is 43.1 Å². The molecule has 10 heteroatoms. The van der Waals surface area contributed by atoms with Crippen LogP contribution in [0.15, 0.2) is 24.3 Å². The summed E-state index contributed by atoms with van der Waals surface area (Å²) < 4.78 is 51.0. The van der Waals surface area contributed by atoms with Gasteiger partial charge in [-0.1, -0.05) is 12.1 Å². The molecule has 0 spiro atoms. The van der Waals surface area contributed by atoms with Crippen LogP contribution < -0.4 is 10.2 Å². The van der Waals surface area contributed by atoms with E-state index in [1.807, 2.05) is 0 Å². The Morgan fingerprint density at radius 1 is 1.16 bits per heavy atom. The van der Waals surface area contributed by atoms with Crippen molar-refractivity contribution in [1.82, 2.24) is 9.97 Å². The Labute approximate surface area is 219 Å². The maximum atomic E-state index is 15.5. The maximum Gasteiger partial charge on any atom is 0.306 e. The summed E-state index contributed by atoms with van der Waals surface area (Å²) in [6, 6.07) is 5.02. The number of morpholine rings is 1. The molecule has 2 heterocycles. The number of halogens is 3. The van der Waals surface area contributed by atoms with Gasteiger partial charge in [0, 0.05) is 29.7 Å². The van der Waals surface area contributed by atoms with Crippen molar-refractivity contribution in [3.05, 3.63) is 58.2 Å². The lowest BCUT2D eigenvalue weighted by Crippen LogP contribution is -2.47. The highest BCUT2D eigenvalue weighted by atomic mass is 19.3. The summed E-state index contributed by atoms with van der Waals surface area (Å²) in [7, 11) is 0. The summed E-state index contributed by atoms with van der Waals surface area (Å²) >= 11 is 0. The molecule has 1 aliphatic carbocycles.